The zero-order valence-corrected chi connectivity index (χ0v) is 11.6. The van der Waals surface area contributed by atoms with Gasteiger partial charge in [-0.25, -0.2) is 0 Å². The highest BCUT2D eigenvalue weighted by atomic mass is 35.5. The highest BCUT2D eigenvalue weighted by molar-refractivity contribution is 7.99. The van der Waals surface area contributed by atoms with E-state index < -0.39 is 0 Å². The van der Waals surface area contributed by atoms with Crippen molar-refractivity contribution in [2.24, 2.45) is 0 Å². The summed E-state index contributed by atoms with van der Waals surface area (Å²) in [5.74, 6) is 1.13. The Labute approximate surface area is 120 Å². The standard InChI is InChI=1S/C14H12ClNO2S/c15-9-3-4-13-10(8-9)11(5-7-19-13)16-14(17)12-2-1-6-18-12/h1-4,6,8,11H,5,7H2,(H,16,17)/t11-/m0/s1. The number of furan rings is 1. The maximum atomic E-state index is 12.0. The molecule has 1 atom stereocenters. The van der Waals surface area contributed by atoms with Gasteiger partial charge in [-0.15, -0.1) is 11.8 Å². The molecule has 1 aliphatic rings. The molecule has 5 heteroatoms. The summed E-state index contributed by atoms with van der Waals surface area (Å²) >= 11 is 7.83. The van der Waals surface area contributed by atoms with Crippen LogP contribution in [0.5, 0.6) is 0 Å². The van der Waals surface area contributed by atoms with Crippen LogP contribution in [0, 0.1) is 0 Å². The van der Waals surface area contributed by atoms with E-state index >= 15 is 0 Å². The summed E-state index contributed by atoms with van der Waals surface area (Å²) in [6, 6.07) is 9.17. The normalized spacial score (nSPS) is 17.8. The fourth-order valence-corrected chi connectivity index (χ4v) is 3.44. The SMILES string of the molecule is O=C(N[C@H]1CCSc2ccc(Cl)cc21)c1ccco1. The van der Waals surface area contributed by atoms with Gasteiger partial charge in [0.1, 0.15) is 0 Å². The van der Waals surface area contributed by atoms with Gasteiger partial charge in [0.25, 0.3) is 5.91 Å². The molecule has 1 aromatic heterocycles. The van der Waals surface area contributed by atoms with Crippen LogP contribution < -0.4 is 5.32 Å². The lowest BCUT2D eigenvalue weighted by atomic mass is 10.0. The number of thioether (sulfide) groups is 1. The number of amides is 1. The number of carbonyl (C=O) groups excluding carboxylic acids is 1. The minimum Gasteiger partial charge on any atom is -0.459 e. The molecule has 0 fully saturated rings. The van der Waals surface area contributed by atoms with E-state index in [9.17, 15) is 4.79 Å². The molecule has 1 amide bonds. The van der Waals surface area contributed by atoms with Gasteiger partial charge in [0.05, 0.1) is 12.3 Å². The Morgan fingerprint density at radius 1 is 1.42 bits per heavy atom. The third kappa shape index (κ3) is 2.65. The van der Waals surface area contributed by atoms with E-state index in [2.05, 4.69) is 5.32 Å². The fourth-order valence-electron chi connectivity index (χ4n) is 2.15. The monoisotopic (exact) mass is 293 g/mol. The van der Waals surface area contributed by atoms with Crippen molar-refractivity contribution >= 4 is 29.3 Å². The highest BCUT2D eigenvalue weighted by Gasteiger charge is 2.23. The number of benzene rings is 1. The molecule has 3 nitrogen and oxygen atoms in total. The molecule has 1 aliphatic heterocycles. The third-order valence-electron chi connectivity index (χ3n) is 3.06. The number of halogens is 1. The predicted molar refractivity (Wildman–Crippen MR) is 75.7 cm³/mol. The molecule has 0 spiro atoms. The van der Waals surface area contributed by atoms with E-state index in [-0.39, 0.29) is 11.9 Å². The average molecular weight is 294 g/mol. The van der Waals surface area contributed by atoms with Crippen molar-refractivity contribution < 1.29 is 9.21 Å². The lowest BCUT2D eigenvalue weighted by Crippen LogP contribution is -2.30. The molecular weight excluding hydrogens is 282 g/mol. The summed E-state index contributed by atoms with van der Waals surface area (Å²) in [6.45, 7) is 0. The van der Waals surface area contributed by atoms with Gasteiger partial charge in [0.2, 0.25) is 0 Å². The van der Waals surface area contributed by atoms with Crippen LogP contribution in [-0.2, 0) is 0 Å². The minimum absolute atomic E-state index is 0.00690. The minimum atomic E-state index is -0.187. The second-order valence-corrected chi connectivity index (χ2v) is 5.90. The quantitative estimate of drug-likeness (QED) is 0.913. The zero-order valence-electron chi connectivity index (χ0n) is 10.1. The topological polar surface area (TPSA) is 42.2 Å². The summed E-state index contributed by atoms with van der Waals surface area (Å²) < 4.78 is 5.11. The Balaban J connectivity index is 1.84. The molecule has 0 unspecified atom stereocenters. The average Bonchev–Trinajstić information content (AvgIpc) is 2.93. The molecule has 1 aromatic carbocycles. The number of nitrogens with one attached hydrogen (secondary N) is 1. The summed E-state index contributed by atoms with van der Waals surface area (Å²) in [7, 11) is 0. The summed E-state index contributed by atoms with van der Waals surface area (Å²) in [6.07, 6.45) is 2.39. The lowest BCUT2D eigenvalue weighted by Gasteiger charge is -2.25. The molecule has 98 valence electrons. The van der Waals surface area contributed by atoms with Crippen LogP contribution in [0.25, 0.3) is 0 Å². The maximum Gasteiger partial charge on any atom is 0.287 e. The first kappa shape index (κ1) is 12.6. The number of rotatable bonds is 2. The van der Waals surface area contributed by atoms with Crippen LogP contribution in [0.3, 0.4) is 0 Å². The van der Waals surface area contributed by atoms with Gasteiger partial charge >= 0.3 is 0 Å². The molecule has 2 heterocycles. The predicted octanol–water partition coefficient (Wildman–Crippen LogP) is 3.90. The van der Waals surface area contributed by atoms with Crippen LogP contribution in [0.1, 0.15) is 28.6 Å². The van der Waals surface area contributed by atoms with Crippen molar-refractivity contribution in [2.45, 2.75) is 17.4 Å². The first-order valence-corrected chi connectivity index (χ1v) is 7.37. The van der Waals surface area contributed by atoms with Gasteiger partial charge in [0, 0.05) is 15.7 Å². The summed E-state index contributed by atoms with van der Waals surface area (Å²) in [5, 5.41) is 3.69. The van der Waals surface area contributed by atoms with Crippen LogP contribution in [0.4, 0.5) is 0 Å². The van der Waals surface area contributed by atoms with Crippen LogP contribution in [0.2, 0.25) is 5.02 Å². The Bertz CT molecular complexity index is 597. The fraction of sp³-hybridized carbons (Fsp3) is 0.214. The summed E-state index contributed by atoms with van der Waals surface area (Å²) in [4.78, 5) is 13.2. The van der Waals surface area contributed by atoms with Crippen LogP contribution >= 0.6 is 23.4 Å². The first-order valence-electron chi connectivity index (χ1n) is 6.00. The Kier molecular flexibility index (Phi) is 3.53. The molecular formula is C14H12ClNO2S. The van der Waals surface area contributed by atoms with E-state index in [4.69, 9.17) is 16.0 Å². The Morgan fingerprint density at radius 2 is 2.32 bits per heavy atom. The Morgan fingerprint density at radius 3 is 3.11 bits per heavy atom. The van der Waals surface area contributed by atoms with Gasteiger partial charge in [-0.3, -0.25) is 4.79 Å². The molecule has 0 bridgehead atoms. The number of fused-ring (bicyclic) bond motifs is 1. The van der Waals surface area contributed by atoms with E-state index in [1.807, 2.05) is 18.2 Å². The number of carbonyl (C=O) groups is 1. The van der Waals surface area contributed by atoms with E-state index in [0.29, 0.717) is 10.8 Å². The van der Waals surface area contributed by atoms with Crippen molar-refractivity contribution in [2.75, 3.05) is 5.75 Å². The van der Waals surface area contributed by atoms with Gasteiger partial charge in [-0.1, -0.05) is 11.6 Å². The van der Waals surface area contributed by atoms with Gasteiger partial charge in [0.15, 0.2) is 5.76 Å². The highest BCUT2D eigenvalue weighted by Crippen LogP contribution is 2.37. The zero-order chi connectivity index (χ0) is 13.2. The van der Waals surface area contributed by atoms with Crippen LogP contribution in [0.15, 0.2) is 45.9 Å². The third-order valence-corrected chi connectivity index (χ3v) is 4.42. The second kappa shape index (κ2) is 5.31. The molecule has 0 radical (unpaired) electrons. The van der Waals surface area contributed by atoms with E-state index in [1.165, 1.54) is 11.2 Å². The molecule has 3 rings (SSSR count). The van der Waals surface area contributed by atoms with Crippen molar-refractivity contribution in [3.8, 4) is 0 Å². The van der Waals surface area contributed by atoms with Crippen molar-refractivity contribution in [1.82, 2.24) is 5.32 Å². The second-order valence-electron chi connectivity index (χ2n) is 4.32. The smallest absolute Gasteiger partial charge is 0.287 e. The molecule has 19 heavy (non-hydrogen) atoms. The van der Waals surface area contributed by atoms with Gasteiger partial charge < -0.3 is 9.73 Å². The van der Waals surface area contributed by atoms with Crippen LogP contribution in [-0.4, -0.2) is 11.7 Å². The van der Waals surface area contributed by atoms with Crippen molar-refractivity contribution in [3.05, 3.63) is 52.9 Å². The largest absolute Gasteiger partial charge is 0.459 e. The summed E-state index contributed by atoms with van der Waals surface area (Å²) in [5.41, 5.74) is 1.09. The number of hydrogen-bond donors (Lipinski definition) is 1. The van der Waals surface area contributed by atoms with Gasteiger partial charge in [-0.2, -0.15) is 0 Å². The van der Waals surface area contributed by atoms with Crippen molar-refractivity contribution in [3.63, 3.8) is 0 Å². The van der Waals surface area contributed by atoms with E-state index in [0.717, 1.165) is 17.7 Å². The Hall–Kier alpha value is -1.39. The molecule has 0 saturated carbocycles. The van der Waals surface area contributed by atoms with Crippen molar-refractivity contribution in [1.29, 1.82) is 0 Å². The van der Waals surface area contributed by atoms with Gasteiger partial charge in [-0.05, 0) is 42.3 Å². The first-order chi connectivity index (χ1) is 9.24. The molecule has 0 saturated heterocycles. The molecule has 2 aromatic rings. The maximum absolute atomic E-state index is 12.0. The molecule has 0 aliphatic carbocycles. The number of hydrogen-bond acceptors (Lipinski definition) is 3. The lowest BCUT2D eigenvalue weighted by molar-refractivity contribution is 0.0907. The molecule has 1 N–H and O–H groups in total. The van der Waals surface area contributed by atoms with E-state index in [1.54, 1.807) is 23.9 Å².